The number of nitrogens with zero attached hydrogens (tertiary/aromatic N) is 4. The molecule has 0 aromatic heterocycles. The van der Waals surface area contributed by atoms with Crippen molar-refractivity contribution in [1.29, 1.82) is 5.26 Å². The fraction of sp³-hybridized carbons (Fsp3) is 0.343. The van der Waals surface area contributed by atoms with E-state index in [9.17, 15) is 24.4 Å². The number of halogens is 2. The zero-order chi connectivity index (χ0) is 34.1. The molecule has 2 aliphatic rings. The number of benzene rings is 3. The number of amides is 4. The van der Waals surface area contributed by atoms with Gasteiger partial charge in [0.15, 0.2) is 0 Å². The zero-order valence-electron chi connectivity index (χ0n) is 26.5. The predicted molar refractivity (Wildman–Crippen MR) is 178 cm³/mol. The number of rotatable bonds is 8. The maximum absolute atomic E-state index is 14.5. The molecule has 2 fully saturated rings. The van der Waals surface area contributed by atoms with Crippen LogP contribution in [0.25, 0.3) is 0 Å². The van der Waals surface area contributed by atoms with E-state index in [1.54, 1.807) is 57.0 Å². The second-order valence-corrected chi connectivity index (χ2v) is 13.7. The third-order valence-electron chi connectivity index (χ3n) is 8.36. The van der Waals surface area contributed by atoms with Crippen molar-refractivity contribution in [1.82, 2.24) is 15.1 Å². The van der Waals surface area contributed by atoms with E-state index in [2.05, 4.69) is 11.4 Å². The van der Waals surface area contributed by atoms with Crippen LogP contribution in [0.3, 0.4) is 0 Å². The van der Waals surface area contributed by atoms with Crippen LogP contribution in [0.5, 0.6) is 0 Å². The highest BCUT2D eigenvalue weighted by Gasteiger charge is 2.64. The number of hydrogen-bond acceptors (Lipinski definition) is 7. The standard InChI is InChI=1S/C35H35Cl2N5O5/c1-34(2,3)47-31(44)29(14-22-8-6-5-7-9-22)39-30(43)20-41-19-28(24-12-10-23(18-38)11-13-24)35(21-41)32(45)42(33(46)40(35)4)27-16-25(36)15-26(37)17-27/h5-13,15-17,28-29H,14,19-21H2,1-4H3,(H,39,43). The van der Waals surface area contributed by atoms with Gasteiger partial charge in [0.25, 0.3) is 5.91 Å². The van der Waals surface area contributed by atoms with Crippen molar-refractivity contribution in [2.45, 2.75) is 50.3 Å². The molecule has 0 bridgehead atoms. The summed E-state index contributed by atoms with van der Waals surface area (Å²) >= 11 is 12.5. The summed E-state index contributed by atoms with van der Waals surface area (Å²) in [7, 11) is 1.56. The van der Waals surface area contributed by atoms with Crippen LogP contribution in [0.1, 0.15) is 43.4 Å². The lowest BCUT2D eigenvalue weighted by Gasteiger charge is -2.34. The average Bonchev–Trinajstić information content (AvgIpc) is 3.47. The van der Waals surface area contributed by atoms with Gasteiger partial charge in [-0.2, -0.15) is 5.26 Å². The maximum Gasteiger partial charge on any atom is 0.332 e. The van der Waals surface area contributed by atoms with Gasteiger partial charge in [0.05, 0.1) is 23.9 Å². The molecule has 3 unspecified atom stereocenters. The number of esters is 1. The number of anilines is 1. The monoisotopic (exact) mass is 675 g/mol. The molecule has 2 saturated heterocycles. The Kier molecular flexibility index (Phi) is 9.64. The molecule has 244 valence electrons. The average molecular weight is 677 g/mol. The van der Waals surface area contributed by atoms with Gasteiger partial charge in [0, 0.05) is 42.5 Å². The van der Waals surface area contributed by atoms with E-state index >= 15 is 0 Å². The largest absolute Gasteiger partial charge is 0.458 e. The molecule has 5 rings (SSSR count). The van der Waals surface area contributed by atoms with Crippen molar-refractivity contribution >= 4 is 52.7 Å². The highest BCUT2D eigenvalue weighted by molar-refractivity contribution is 6.35. The van der Waals surface area contributed by atoms with Gasteiger partial charge in [0.2, 0.25) is 5.91 Å². The van der Waals surface area contributed by atoms with Crippen molar-refractivity contribution in [2.24, 2.45) is 0 Å². The molecular formula is C35H35Cl2N5O5. The highest BCUT2D eigenvalue weighted by atomic mass is 35.5. The minimum absolute atomic E-state index is 0.0345. The molecule has 2 aliphatic heterocycles. The number of likely N-dealkylation sites (N-methyl/N-ethyl adjacent to an activating group) is 1. The Bertz CT molecular complexity index is 1720. The first-order chi connectivity index (χ1) is 22.2. The molecule has 0 aliphatic carbocycles. The molecule has 12 heteroatoms. The third-order valence-corrected chi connectivity index (χ3v) is 8.79. The lowest BCUT2D eigenvalue weighted by atomic mass is 9.80. The van der Waals surface area contributed by atoms with Crippen molar-refractivity contribution < 1.29 is 23.9 Å². The molecule has 0 radical (unpaired) electrons. The summed E-state index contributed by atoms with van der Waals surface area (Å²) in [6.07, 6.45) is 0.228. The van der Waals surface area contributed by atoms with Gasteiger partial charge in [-0.05, 0) is 62.2 Å². The summed E-state index contributed by atoms with van der Waals surface area (Å²) in [5.41, 5.74) is 0.0997. The Hall–Kier alpha value is -4.43. The van der Waals surface area contributed by atoms with Gasteiger partial charge in [-0.1, -0.05) is 65.7 Å². The third kappa shape index (κ3) is 7.13. The van der Waals surface area contributed by atoms with Gasteiger partial charge in [-0.3, -0.25) is 14.5 Å². The first kappa shape index (κ1) is 33.9. The molecule has 3 atom stereocenters. The highest BCUT2D eigenvalue weighted by Crippen LogP contribution is 2.46. The fourth-order valence-electron chi connectivity index (χ4n) is 6.27. The van der Waals surface area contributed by atoms with Gasteiger partial charge in [-0.25, -0.2) is 14.5 Å². The summed E-state index contributed by atoms with van der Waals surface area (Å²) in [5.74, 6) is -2.05. The van der Waals surface area contributed by atoms with Crippen LogP contribution in [0, 0.1) is 11.3 Å². The van der Waals surface area contributed by atoms with E-state index in [0.717, 1.165) is 16.0 Å². The Balaban J connectivity index is 1.44. The van der Waals surface area contributed by atoms with Crippen LogP contribution in [-0.4, -0.2) is 77.5 Å². The lowest BCUT2D eigenvalue weighted by molar-refractivity contribution is -0.158. The molecule has 3 aromatic rings. The first-order valence-corrected chi connectivity index (χ1v) is 15.8. The second-order valence-electron chi connectivity index (χ2n) is 12.8. The summed E-state index contributed by atoms with van der Waals surface area (Å²) in [5, 5.41) is 12.7. The molecule has 47 heavy (non-hydrogen) atoms. The SMILES string of the molecule is CN1C(=O)N(c2cc(Cl)cc(Cl)c2)C(=O)C12CN(CC(=O)NC(Cc1ccccc1)C(=O)OC(C)(C)C)CC2c1ccc(C#N)cc1. The summed E-state index contributed by atoms with van der Waals surface area (Å²) in [4.78, 5) is 59.3. The predicted octanol–water partition coefficient (Wildman–Crippen LogP) is 5.17. The quantitative estimate of drug-likeness (QED) is 0.258. The fourth-order valence-corrected chi connectivity index (χ4v) is 6.79. The second kappa shape index (κ2) is 13.4. The van der Waals surface area contributed by atoms with Crippen LogP contribution < -0.4 is 10.2 Å². The summed E-state index contributed by atoms with van der Waals surface area (Å²) in [6, 6.07) is 21.2. The van der Waals surface area contributed by atoms with E-state index in [0.29, 0.717) is 5.56 Å². The van der Waals surface area contributed by atoms with Crippen molar-refractivity contribution in [3.63, 3.8) is 0 Å². The smallest absolute Gasteiger partial charge is 0.332 e. The summed E-state index contributed by atoms with van der Waals surface area (Å²) in [6.45, 7) is 5.40. The minimum Gasteiger partial charge on any atom is -0.458 e. The van der Waals surface area contributed by atoms with E-state index in [4.69, 9.17) is 27.9 Å². The number of carbonyl (C=O) groups excluding carboxylic acids is 4. The van der Waals surface area contributed by atoms with Crippen LogP contribution in [0.15, 0.2) is 72.8 Å². The van der Waals surface area contributed by atoms with Gasteiger partial charge in [-0.15, -0.1) is 0 Å². The molecule has 0 saturated carbocycles. The molecule has 10 nitrogen and oxygen atoms in total. The van der Waals surface area contributed by atoms with Crippen molar-refractivity contribution in [3.8, 4) is 6.07 Å². The zero-order valence-corrected chi connectivity index (χ0v) is 28.0. The lowest BCUT2D eigenvalue weighted by Crippen LogP contribution is -2.54. The number of nitrogens with one attached hydrogen (secondary N) is 1. The molecule has 3 aromatic carbocycles. The number of nitriles is 1. The molecule has 2 heterocycles. The van der Waals surface area contributed by atoms with E-state index in [1.165, 1.54) is 23.1 Å². The maximum atomic E-state index is 14.5. The Morgan fingerprint density at radius 1 is 1.04 bits per heavy atom. The summed E-state index contributed by atoms with van der Waals surface area (Å²) < 4.78 is 5.62. The Morgan fingerprint density at radius 3 is 2.28 bits per heavy atom. The number of likely N-dealkylation sites (tertiary alicyclic amines) is 1. The van der Waals surface area contributed by atoms with Crippen molar-refractivity contribution in [2.75, 3.05) is 31.6 Å². The number of imide groups is 1. The number of ether oxygens (including phenoxy) is 1. The van der Waals surface area contributed by atoms with E-state index in [-0.39, 0.29) is 41.8 Å². The molecular weight excluding hydrogens is 641 g/mol. The van der Waals surface area contributed by atoms with Crippen LogP contribution >= 0.6 is 23.2 Å². The molecule has 1 spiro atoms. The normalized spacial score (nSPS) is 20.4. The topological polar surface area (TPSA) is 123 Å². The number of carbonyl (C=O) groups is 4. The van der Waals surface area contributed by atoms with Gasteiger partial charge >= 0.3 is 12.0 Å². The van der Waals surface area contributed by atoms with Crippen molar-refractivity contribution in [3.05, 3.63) is 99.5 Å². The first-order valence-electron chi connectivity index (χ1n) is 15.1. The molecule has 4 amide bonds. The van der Waals surface area contributed by atoms with Crippen LogP contribution in [0.4, 0.5) is 10.5 Å². The van der Waals surface area contributed by atoms with E-state index < -0.39 is 46.9 Å². The van der Waals surface area contributed by atoms with Gasteiger partial charge in [0.1, 0.15) is 17.2 Å². The molecule has 1 N–H and O–H groups in total. The number of urea groups is 1. The van der Waals surface area contributed by atoms with Crippen LogP contribution in [0.2, 0.25) is 10.0 Å². The minimum atomic E-state index is -1.39. The number of hydrogen-bond donors (Lipinski definition) is 1. The Morgan fingerprint density at radius 2 is 1.68 bits per heavy atom. The Labute approximate surface area is 283 Å². The van der Waals surface area contributed by atoms with Gasteiger partial charge < -0.3 is 15.0 Å². The van der Waals surface area contributed by atoms with E-state index in [1.807, 2.05) is 30.3 Å². The van der Waals surface area contributed by atoms with Crippen LogP contribution in [-0.2, 0) is 25.5 Å².